The van der Waals surface area contributed by atoms with E-state index >= 15 is 0 Å². The third kappa shape index (κ3) is 3.17. The number of nitrogens with two attached hydrogens (primary N) is 2. The first-order valence-electron chi connectivity index (χ1n) is 6.22. The third-order valence-electron chi connectivity index (χ3n) is 3.05. The van der Waals surface area contributed by atoms with Crippen molar-refractivity contribution in [1.82, 2.24) is 0 Å². The standard InChI is InChI=1S/C15H19N3O/c1-10(19)13-4-2-3-5-15(13)18-9-11-8-12(16)6-7-14(11)17/h2-8,10,18-19H,9,16-17H2,1H3. The molecule has 1 atom stereocenters. The van der Waals surface area contributed by atoms with Gasteiger partial charge in [-0.3, -0.25) is 0 Å². The Bertz CT molecular complexity index is 567. The van der Waals surface area contributed by atoms with Gasteiger partial charge in [0.2, 0.25) is 0 Å². The summed E-state index contributed by atoms with van der Waals surface area (Å²) < 4.78 is 0. The molecule has 0 amide bonds. The molecule has 6 N–H and O–H groups in total. The molecule has 100 valence electrons. The molecule has 0 saturated carbocycles. The number of para-hydroxylation sites is 1. The van der Waals surface area contributed by atoms with Crippen LogP contribution in [0.4, 0.5) is 17.1 Å². The van der Waals surface area contributed by atoms with E-state index in [0.29, 0.717) is 17.9 Å². The summed E-state index contributed by atoms with van der Waals surface area (Å²) in [5.41, 5.74) is 15.8. The highest BCUT2D eigenvalue weighted by Crippen LogP contribution is 2.24. The van der Waals surface area contributed by atoms with Crippen LogP contribution < -0.4 is 16.8 Å². The zero-order chi connectivity index (χ0) is 13.8. The molecule has 0 bridgehead atoms. The fourth-order valence-electron chi connectivity index (χ4n) is 1.99. The maximum Gasteiger partial charge on any atom is 0.0781 e. The van der Waals surface area contributed by atoms with Gasteiger partial charge in [0, 0.05) is 29.2 Å². The largest absolute Gasteiger partial charge is 0.399 e. The van der Waals surface area contributed by atoms with Gasteiger partial charge in [-0.25, -0.2) is 0 Å². The van der Waals surface area contributed by atoms with Gasteiger partial charge in [0.05, 0.1) is 6.10 Å². The molecule has 2 rings (SSSR count). The van der Waals surface area contributed by atoms with Crippen LogP contribution in [0.5, 0.6) is 0 Å². The first-order chi connectivity index (χ1) is 9.08. The normalized spacial score (nSPS) is 12.1. The summed E-state index contributed by atoms with van der Waals surface area (Å²) in [5, 5.41) is 13.0. The Hall–Kier alpha value is -2.20. The van der Waals surface area contributed by atoms with Crippen LogP contribution in [0.25, 0.3) is 0 Å². The summed E-state index contributed by atoms with van der Waals surface area (Å²) >= 11 is 0. The highest BCUT2D eigenvalue weighted by molar-refractivity contribution is 5.58. The third-order valence-corrected chi connectivity index (χ3v) is 3.05. The molecule has 4 heteroatoms. The molecule has 0 heterocycles. The van der Waals surface area contributed by atoms with Crippen molar-refractivity contribution in [3.8, 4) is 0 Å². The summed E-state index contributed by atoms with van der Waals surface area (Å²) in [6, 6.07) is 13.1. The number of aliphatic hydroxyl groups is 1. The van der Waals surface area contributed by atoms with Crippen LogP contribution in [0.1, 0.15) is 24.2 Å². The first-order valence-corrected chi connectivity index (χ1v) is 6.22. The maximum absolute atomic E-state index is 9.72. The van der Waals surface area contributed by atoms with Crippen molar-refractivity contribution in [2.24, 2.45) is 0 Å². The van der Waals surface area contributed by atoms with E-state index in [1.54, 1.807) is 19.1 Å². The second-order valence-corrected chi connectivity index (χ2v) is 4.58. The van der Waals surface area contributed by atoms with Gasteiger partial charge in [-0.15, -0.1) is 0 Å². The Morgan fingerprint density at radius 1 is 1.16 bits per heavy atom. The minimum Gasteiger partial charge on any atom is -0.399 e. The lowest BCUT2D eigenvalue weighted by Crippen LogP contribution is -2.06. The van der Waals surface area contributed by atoms with Crippen molar-refractivity contribution in [1.29, 1.82) is 0 Å². The molecular weight excluding hydrogens is 238 g/mol. The molecule has 0 spiro atoms. The van der Waals surface area contributed by atoms with E-state index in [0.717, 1.165) is 16.8 Å². The zero-order valence-corrected chi connectivity index (χ0v) is 10.9. The fraction of sp³-hybridized carbons (Fsp3) is 0.200. The van der Waals surface area contributed by atoms with E-state index in [1.165, 1.54) is 0 Å². The minimum absolute atomic E-state index is 0.512. The second kappa shape index (κ2) is 5.63. The average molecular weight is 257 g/mol. The number of aliphatic hydroxyl groups excluding tert-OH is 1. The number of hydrogen-bond acceptors (Lipinski definition) is 4. The van der Waals surface area contributed by atoms with Crippen LogP contribution in [0.15, 0.2) is 42.5 Å². The van der Waals surface area contributed by atoms with Gasteiger partial charge in [-0.1, -0.05) is 18.2 Å². The number of nitrogens with one attached hydrogen (secondary N) is 1. The fourth-order valence-corrected chi connectivity index (χ4v) is 1.99. The van der Waals surface area contributed by atoms with E-state index in [9.17, 15) is 5.11 Å². The summed E-state index contributed by atoms with van der Waals surface area (Å²) in [4.78, 5) is 0. The summed E-state index contributed by atoms with van der Waals surface area (Å²) in [5.74, 6) is 0. The van der Waals surface area contributed by atoms with Gasteiger partial charge < -0.3 is 21.9 Å². The van der Waals surface area contributed by atoms with E-state index in [1.807, 2.05) is 30.3 Å². The minimum atomic E-state index is -0.512. The monoisotopic (exact) mass is 257 g/mol. The first kappa shape index (κ1) is 13.2. The number of anilines is 3. The molecule has 2 aromatic rings. The van der Waals surface area contributed by atoms with Crippen LogP contribution >= 0.6 is 0 Å². The molecule has 4 nitrogen and oxygen atoms in total. The molecule has 1 unspecified atom stereocenters. The quantitative estimate of drug-likeness (QED) is 0.634. The SMILES string of the molecule is CC(O)c1ccccc1NCc1cc(N)ccc1N. The molecule has 0 radical (unpaired) electrons. The zero-order valence-electron chi connectivity index (χ0n) is 10.9. The van der Waals surface area contributed by atoms with Crippen LogP contribution in [0.3, 0.4) is 0 Å². The van der Waals surface area contributed by atoms with Crippen molar-refractivity contribution in [3.05, 3.63) is 53.6 Å². The predicted octanol–water partition coefficient (Wildman–Crippen LogP) is 2.52. The molecule has 0 aliphatic rings. The Morgan fingerprint density at radius 3 is 2.63 bits per heavy atom. The van der Waals surface area contributed by atoms with Crippen molar-refractivity contribution in [2.75, 3.05) is 16.8 Å². The smallest absolute Gasteiger partial charge is 0.0781 e. The van der Waals surface area contributed by atoms with Crippen molar-refractivity contribution in [2.45, 2.75) is 19.6 Å². The Kier molecular flexibility index (Phi) is 3.92. The Morgan fingerprint density at radius 2 is 1.89 bits per heavy atom. The maximum atomic E-state index is 9.72. The van der Waals surface area contributed by atoms with Crippen LogP contribution in [-0.2, 0) is 6.54 Å². The van der Waals surface area contributed by atoms with Crippen LogP contribution in [0.2, 0.25) is 0 Å². The van der Waals surface area contributed by atoms with E-state index < -0.39 is 6.10 Å². The molecule has 19 heavy (non-hydrogen) atoms. The summed E-state index contributed by atoms with van der Waals surface area (Å²) in [7, 11) is 0. The molecule has 0 aliphatic heterocycles. The lowest BCUT2D eigenvalue weighted by molar-refractivity contribution is 0.200. The van der Waals surface area contributed by atoms with Gasteiger partial charge in [0.1, 0.15) is 0 Å². The lowest BCUT2D eigenvalue weighted by Gasteiger charge is -2.15. The molecule has 0 aromatic heterocycles. The van der Waals surface area contributed by atoms with Crippen LogP contribution in [-0.4, -0.2) is 5.11 Å². The molecular formula is C15H19N3O. The van der Waals surface area contributed by atoms with Gasteiger partial charge in [-0.05, 0) is 36.8 Å². The Labute approximate surface area is 113 Å². The number of nitrogen functional groups attached to an aromatic ring is 2. The molecule has 2 aromatic carbocycles. The summed E-state index contributed by atoms with van der Waals surface area (Å²) in [6.07, 6.45) is -0.512. The molecule has 0 aliphatic carbocycles. The topological polar surface area (TPSA) is 84.3 Å². The highest BCUT2D eigenvalue weighted by atomic mass is 16.3. The number of benzene rings is 2. The average Bonchev–Trinajstić information content (AvgIpc) is 2.40. The van der Waals surface area contributed by atoms with Gasteiger partial charge in [-0.2, -0.15) is 0 Å². The number of hydrogen-bond donors (Lipinski definition) is 4. The van der Waals surface area contributed by atoms with Gasteiger partial charge in [0.15, 0.2) is 0 Å². The predicted molar refractivity (Wildman–Crippen MR) is 79.7 cm³/mol. The van der Waals surface area contributed by atoms with Gasteiger partial charge in [0.25, 0.3) is 0 Å². The molecule has 0 saturated heterocycles. The van der Waals surface area contributed by atoms with Crippen LogP contribution in [0, 0.1) is 0 Å². The van der Waals surface area contributed by atoms with Crippen molar-refractivity contribution < 1.29 is 5.11 Å². The van der Waals surface area contributed by atoms with E-state index in [-0.39, 0.29) is 0 Å². The van der Waals surface area contributed by atoms with Crippen molar-refractivity contribution >= 4 is 17.1 Å². The second-order valence-electron chi connectivity index (χ2n) is 4.58. The lowest BCUT2D eigenvalue weighted by atomic mass is 10.1. The van der Waals surface area contributed by atoms with Gasteiger partial charge >= 0.3 is 0 Å². The molecule has 0 fully saturated rings. The van der Waals surface area contributed by atoms with E-state index in [2.05, 4.69) is 5.32 Å². The Balaban J connectivity index is 2.17. The van der Waals surface area contributed by atoms with Crippen molar-refractivity contribution in [3.63, 3.8) is 0 Å². The summed E-state index contributed by atoms with van der Waals surface area (Å²) in [6.45, 7) is 2.32. The van der Waals surface area contributed by atoms with E-state index in [4.69, 9.17) is 11.5 Å². The highest BCUT2D eigenvalue weighted by Gasteiger charge is 2.07. The number of rotatable bonds is 4.